The second-order valence-electron chi connectivity index (χ2n) is 3.40. The lowest BCUT2D eigenvalue weighted by Gasteiger charge is -2.07. The van der Waals surface area contributed by atoms with Crippen LogP contribution in [0.4, 0.5) is 0 Å². The van der Waals surface area contributed by atoms with E-state index in [0.717, 1.165) is 25.5 Å². The van der Waals surface area contributed by atoms with Crippen LogP contribution in [0, 0.1) is 0 Å². The Hall–Kier alpha value is -1.51. The molecule has 82 valence electrons. The monoisotopic (exact) mass is 208 g/mol. The number of hydrogen-bond acceptors (Lipinski definition) is 3. The van der Waals surface area contributed by atoms with Crippen molar-refractivity contribution in [3.05, 3.63) is 23.8 Å². The molecule has 0 fully saturated rings. The van der Waals surface area contributed by atoms with Crippen molar-refractivity contribution in [3.63, 3.8) is 0 Å². The van der Waals surface area contributed by atoms with Crippen LogP contribution < -0.4 is 4.74 Å². The molecule has 1 N–H and O–H groups in total. The maximum Gasteiger partial charge on any atom is 0.161 e. The molecule has 1 aromatic rings. The van der Waals surface area contributed by atoms with Crippen LogP contribution in [0.3, 0.4) is 0 Å². The summed E-state index contributed by atoms with van der Waals surface area (Å²) in [5.74, 6) is 0.466. The lowest BCUT2D eigenvalue weighted by atomic mass is 10.2. The molecular formula is C12H16O3. The molecule has 0 saturated heterocycles. The van der Waals surface area contributed by atoms with Gasteiger partial charge in [-0.3, -0.25) is 4.79 Å². The van der Waals surface area contributed by atoms with E-state index in [-0.39, 0.29) is 5.75 Å². The first-order valence-electron chi connectivity index (χ1n) is 5.19. The molecule has 3 heteroatoms. The predicted octanol–water partition coefficient (Wildman–Crippen LogP) is 2.77. The smallest absolute Gasteiger partial charge is 0.161 e. The van der Waals surface area contributed by atoms with Crippen LogP contribution in [-0.4, -0.2) is 18.0 Å². The number of aromatic hydroxyl groups is 1. The first-order valence-corrected chi connectivity index (χ1v) is 5.19. The molecular weight excluding hydrogens is 192 g/mol. The third-order valence-electron chi connectivity index (χ3n) is 2.13. The fraction of sp³-hybridized carbons (Fsp3) is 0.417. The van der Waals surface area contributed by atoms with Crippen LogP contribution in [0.25, 0.3) is 0 Å². The summed E-state index contributed by atoms with van der Waals surface area (Å²) in [6.45, 7) is 2.69. The van der Waals surface area contributed by atoms with E-state index >= 15 is 0 Å². The number of rotatable bonds is 6. The van der Waals surface area contributed by atoms with Crippen molar-refractivity contribution < 1.29 is 14.6 Å². The molecule has 3 nitrogen and oxygen atoms in total. The summed E-state index contributed by atoms with van der Waals surface area (Å²) >= 11 is 0. The van der Waals surface area contributed by atoms with E-state index in [1.807, 2.05) is 0 Å². The van der Waals surface area contributed by atoms with Crippen LogP contribution in [0.2, 0.25) is 0 Å². The normalized spacial score (nSPS) is 9.93. The molecule has 0 radical (unpaired) electrons. The van der Waals surface area contributed by atoms with Gasteiger partial charge in [0.25, 0.3) is 0 Å². The average Bonchev–Trinajstić information content (AvgIpc) is 2.26. The minimum Gasteiger partial charge on any atom is -0.504 e. The first kappa shape index (κ1) is 11.6. The molecule has 1 rings (SSSR count). The lowest BCUT2D eigenvalue weighted by Crippen LogP contribution is -1.97. The molecule has 0 bridgehead atoms. The van der Waals surface area contributed by atoms with Gasteiger partial charge in [0.1, 0.15) is 6.29 Å². The Morgan fingerprint density at radius 3 is 2.87 bits per heavy atom. The van der Waals surface area contributed by atoms with E-state index in [1.54, 1.807) is 12.1 Å². The third kappa shape index (κ3) is 3.62. The number of unbranched alkanes of at least 4 members (excludes halogenated alkanes) is 2. The summed E-state index contributed by atoms with van der Waals surface area (Å²) in [5, 5.41) is 9.45. The van der Waals surface area contributed by atoms with Gasteiger partial charge in [-0.25, -0.2) is 0 Å². The van der Waals surface area contributed by atoms with Crippen LogP contribution in [0.15, 0.2) is 18.2 Å². The standard InChI is InChI=1S/C12H16O3/c1-2-3-4-7-15-12-8-10(9-13)5-6-11(12)14/h5-6,8-9,14H,2-4,7H2,1H3. The molecule has 15 heavy (non-hydrogen) atoms. The van der Waals surface area contributed by atoms with Crippen LogP contribution >= 0.6 is 0 Å². The highest BCUT2D eigenvalue weighted by Crippen LogP contribution is 2.26. The third-order valence-corrected chi connectivity index (χ3v) is 2.13. The second-order valence-corrected chi connectivity index (χ2v) is 3.40. The number of phenols is 1. The van der Waals surface area contributed by atoms with E-state index in [0.29, 0.717) is 17.9 Å². The topological polar surface area (TPSA) is 46.5 Å². The molecule has 0 heterocycles. The largest absolute Gasteiger partial charge is 0.504 e. The van der Waals surface area contributed by atoms with Gasteiger partial charge in [-0.15, -0.1) is 0 Å². The molecule has 0 spiro atoms. The zero-order valence-electron chi connectivity index (χ0n) is 8.90. The summed E-state index contributed by atoms with van der Waals surface area (Å²) < 4.78 is 5.37. The first-order chi connectivity index (χ1) is 7.27. The number of benzene rings is 1. The molecule has 0 saturated carbocycles. The van der Waals surface area contributed by atoms with Gasteiger partial charge >= 0.3 is 0 Å². The number of aldehydes is 1. The maximum absolute atomic E-state index is 10.5. The van der Waals surface area contributed by atoms with Crippen molar-refractivity contribution in [2.45, 2.75) is 26.2 Å². The summed E-state index contributed by atoms with van der Waals surface area (Å²) in [6.07, 6.45) is 3.93. The molecule has 0 unspecified atom stereocenters. The van der Waals surface area contributed by atoms with Crippen molar-refractivity contribution in [2.75, 3.05) is 6.61 Å². The molecule has 0 aliphatic carbocycles. The summed E-state index contributed by atoms with van der Waals surface area (Å²) in [4.78, 5) is 10.5. The van der Waals surface area contributed by atoms with Gasteiger partial charge in [0.15, 0.2) is 11.5 Å². The fourth-order valence-corrected chi connectivity index (χ4v) is 1.25. The van der Waals surface area contributed by atoms with Gasteiger partial charge in [0.2, 0.25) is 0 Å². The van der Waals surface area contributed by atoms with Crippen molar-refractivity contribution >= 4 is 6.29 Å². The second kappa shape index (κ2) is 6.06. The maximum atomic E-state index is 10.5. The summed E-state index contributed by atoms with van der Waals surface area (Å²) in [7, 11) is 0. The molecule has 0 aliphatic heterocycles. The zero-order chi connectivity index (χ0) is 11.1. The van der Waals surface area contributed by atoms with E-state index < -0.39 is 0 Å². The Morgan fingerprint density at radius 2 is 2.20 bits per heavy atom. The van der Waals surface area contributed by atoms with E-state index in [4.69, 9.17) is 4.74 Å². The minimum atomic E-state index is 0.0806. The van der Waals surface area contributed by atoms with Crippen molar-refractivity contribution in [1.29, 1.82) is 0 Å². The molecule has 0 aromatic heterocycles. The Bertz CT molecular complexity index is 321. The van der Waals surface area contributed by atoms with Crippen molar-refractivity contribution in [3.8, 4) is 11.5 Å². The van der Waals surface area contributed by atoms with Crippen LogP contribution in [-0.2, 0) is 0 Å². The Morgan fingerprint density at radius 1 is 1.40 bits per heavy atom. The van der Waals surface area contributed by atoms with Gasteiger partial charge in [-0.1, -0.05) is 19.8 Å². The lowest BCUT2D eigenvalue weighted by molar-refractivity contribution is 0.112. The molecule has 0 atom stereocenters. The average molecular weight is 208 g/mol. The van der Waals surface area contributed by atoms with Crippen molar-refractivity contribution in [2.24, 2.45) is 0 Å². The highest BCUT2D eigenvalue weighted by atomic mass is 16.5. The highest BCUT2D eigenvalue weighted by molar-refractivity contribution is 5.76. The van der Waals surface area contributed by atoms with E-state index in [9.17, 15) is 9.90 Å². The van der Waals surface area contributed by atoms with E-state index in [2.05, 4.69) is 6.92 Å². The number of hydrogen-bond donors (Lipinski definition) is 1. The molecule has 1 aromatic carbocycles. The van der Waals surface area contributed by atoms with E-state index in [1.165, 1.54) is 6.07 Å². The predicted molar refractivity (Wildman–Crippen MR) is 58.5 cm³/mol. The van der Waals surface area contributed by atoms with Crippen LogP contribution in [0.5, 0.6) is 11.5 Å². The Kier molecular flexibility index (Phi) is 4.68. The minimum absolute atomic E-state index is 0.0806. The van der Waals surface area contributed by atoms with Gasteiger partial charge in [-0.2, -0.15) is 0 Å². The number of carbonyl (C=O) groups excluding carboxylic acids is 1. The van der Waals surface area contributed by atoms with Crippen LogP contribution in [0.1, 0.15) is 36.5 Å². The van der Waals surface area contributed by atoms with Gasteiger partial charge < -0.3 is 9.84 Å². The molecule has 0 aliphatic rings. The summed E-state index contributed by atoms with van der Waals surface area (Å²) in [6, 6.07) is 4.58. The number of carbonyl (C=O) groups is 1. The quantitative estimate of drug-likeness (QED) is 0.577. The highest BCUT2D eigenvalue weighted by Gasteiger charge is 2.03. The Labute approximate surface area is 89.7 Å². The Balaban J connectivity index is 2.55. The van der Waals surface area contributed by atoms with Gasteiger partial charge in [0, 0.05) is 5.56 Å². The van der Waals surface area contributed by atoms with Crippen molar-refractivity contribution in [1.82, 2.24) is 0 Å². The summed E-state index contributed by atoms with van der Waals surface area (Å²) in [5.41, 5.74) is 0.512. The molecule has 0 amide bonds. The van der Waals surface area contributed by atoms with Gasteiger partial charge in [-0.05, 0) is 24.6 Å². The van der Waals surface area contributed by atoms with Gasteiger partial charge in [0.05, 0.1) is 6.61 Å². The fourth-order valence-electron chi connectivity index (χ4n) is 1.25. The number of phenolic OH excluding ortho intramolecular Hbond substituents is 1. The SMILES string of the molecule is CCCCCOc1cc(C=O)ccc1O. The zero-order valence-corrected chi connectivity index (χ0v) is 8.90. The number of ether oxygens (including phenoxy) is 1.